The van der Waals surface area contributed by atoms with E-state index in [0.717, 1.165) is 0 Å². The summed E-state index contributed by atoms with van der Waals surface area (Å²) in [7, 11) is 0. The normalized spacial score (nSPS) is 10.4. The highest BCUT2D eigenvalue weighted by Gasteiger charge is 2.08. The molecule has 0 spiro atoms. The Morgan fingerprint density at radius 3 is 2.40 bits per heavy atom. The van der Waals surface area contributed by atoms with E-state index < -0.39 is 15.8 Å². The molecule has 0 heterocycles. The molecule has 0 saturated carbocycles. The Morgan fingerprint density at radius 1 is 1.08 bits per heavy atom. The monoisotopic (exact) mass is 344 g/mol. The van der Waals surface area contributed by atoms with Gasteiger partial charge in [0.2, 0.25) is 0 Å². The number of non-ortho nitro benzene ring substituents is 2. The van der Waals surface area contributed by atoms with Crippen LogP contribution in [0.5, 0.6) is 5.75 Å². The van der Waals surface area contributed by atoms with Crippen LogP contribution >= 0.6 is 0 Å². The van der Waals surface area contributed by atoms with Crippen LogP contribution in [0.25, 0.3) is 0 Å². The zero-order valence-corrected chi connectivity index (χ0v) is 12.7. The third-order valence-corrected chi connectivity index (χ3v) is 2.91. The third-order valence-electron chi connectivity index (χ3n) is 2.91. The molecular formula is C15H12N4O6. The first-order valence-electron chi connectivity index (χ1n) is 6.89. The van der Waals surface area contributed by atoms with Crippen molar-refractivity contribution >= 4 is 23.5 Å². The van der Waals surface area contributed by atoms with Crippen LogP contribution in [-0.2, 0) is 4.79 Å². The summed E-state index contributed by atoms with van der Waals surface area (Å²) in [6.45, 7) is -0.376. The Hall–Kier alpha value is -3.82. The Kier molecular flexibility index (Phi) is 5.72. The molecule has 0 aliphatic carbocycles. The fraction of sp³-hybridized carbons (Fsp3) is 0.0667. The molecule has 0 fully saturated rings. The lowest BCUT2D eigenvalue weighted by molar-refractivity contribution is -0.385. The fourth-order valence-electron chi connectivity index (χ4n) is 1.73. The highest BCUT2D eigenvalue weighted by Crippen LogP contribution is 2.18. The first-order valence-corrected chi connectivity index (χ1v) is 6.89. The van der Waals surface area contributed by atoms with E-state index in [-0.39, 0.29) is 23.7 Å². The molecule has 1 amide bonds. The fourth-order valence-corrected chi connectivity index (χ4v) is 1.73. The van der Waals surface area contributed by atoms with Crippen molar-refractivity contribution in [3.63, 3.8) is 0 Å². The van der Waals surface area contributed by atoms with E-state index in [4.69, 9.17) is 4.74 Å². The van der Waals surface area contributed by atoms with Gasteiger partial charge in [0.25, 0.3) is 17.3 Å². The summed E-state index contributed by atoms with van der Waals surface area (Å²) in [5.41, 5.74) is 2.58. The molecule has 0 radical (unpaired) electrons. The summed E-state index contributed by atoms with van der Waals surface area (Å²) in [4.78, 5) is 31.7. The number of nitrogens with one attached hydrogen (secondary N) is 1. The molecule has 0 bridgehead atoms. The molecule has 2 aromatic rings. The standard InChI is InChI=1S/C15H12N4O6/c20-15(10-25-14-3-1-2-13(8-14)19(23)24)17-16-9-11-4-6-12(7-5-11)18(21)22/h1-9H,10H2,(H,17,20)/b16-9+. The molecule has 2 aromatic carbocycles. The van der Waals surface area contributed by atoms with Crippen molar-refractivity contribution in [2.45, 2.75) is 0 Å². The van der Waals surface area contributed by atoms with Gasteiger partial charge in [0.05, 0.1) is 22.1 Å². The highest BCUT2D eigenvalue weighted by atomic mass is 16.6. The molecule has 10 nitrogen and oxygen atoms in total. The minimum Gasteiger partial charge on any atom is -0.483 e. The van der Waals surface area contributed by atoms with Gasteiger partial charge < -0.3 is 4.74 Å². The van der Waals surface area contributed by atoms with E-state index in [0.29, 0.717) is 5.56 Å². The van der Waals surface area contributed by atoms with Crippen LogP contribution < -0.4 is 10.2 Å². The second-order valence-corrected chi connectivity index (χ2v) is 4.68. The van der Waals surface area contributed by atoms with Gasteiger partial charge in [-0.05, 0) is 23.8 Å². The Morgan fingerprint density at radius 2 is 1.76 bits per heavy atom. The number of hydrogen-bond acceptors (Lipinski definition) is 7. The Bertz CT molecular complexity index is 819. The van der Waals surface area contributed by atoms with Crippen molar-refractivity contribution in [2.75, 3.05) is 6.61 Å². The molecule has 0 atom stereocenters. The Balaban J connectivity index is 1.83. The van der Waals surface area contributed by atoms with Gasteiger partial charge in [0, 0.05) is 18.2 Å². The van der Waals surface area contributed by atoms with Gasteiger partial charge in [-0.3, -0.25) is 25.0 Å². The summed E-state index contributed by atoms with van der Waals surface area (Å²) in [6, 6.07) is 11.0. The number of carbonyl (C=O) groups is 1. The first kappa shape index (κ1) is 17.5. The number of nitrogens with zero attached hydrogens (tertiary/aromatic N) is 3. The number of hydrazone groups is 1. The van der Waals surface area contributed by atoms with Crippen LogP contribution in [0, 0.1) is 20.2 Å². The van der Waals surface area contributed by atoms with Crippen LogP contribution in [0.2, 0.25) is 0 Å². The predicted molar refractivity (Wildman–Crippen MR) is 87.4 cm³/mol. The maximum Gasteiger partial charge on any atom is 0.277 e. The SMILES string of the molecule is O=C(COc1cccc([N+](=O)[O-])c1)N/N=C/c1ccc([N+](=O)[O-])cc1. The molecule has 0 aliphatic heterocycles. The summed E-state index contributed by atoms with van der Waals surface area (Å²) in [5.74, 6) is -0.381. The molecule has 128 valence electrons. The topological polar surface area (TPSA) is 137 Å². The second-order valence-electron chi connectivity index (χ2n) is 4.68. The average Bonchev–Trinajstić information content (AvgIpc) is 2.60. The summed E-state index contributed by atoms with van der Waals surface area (Å²) in [6.07, 6.45) is 1.31. The van der Waals surface area contributed by atoms with Crippen LogP contribution in [0.4, 0.5) is 11.4 Å². The number of rotatable bonds is 7. The summed E-state index contributed by atoms with van der Waals surface area (Å²) in [5, 5.41) is 24.9. The van der Waals surface area contributed by atoms with Crippen molar-refractivity contribution in [2.24, 2.45) is 5.10 Å². The zero-order valence-electron chi connectivity index (χ0n) is 12.7. The molecule has 0 unspecified atom stereocenters. The number of nitro benzene ring substituents is 2. The Labute approximate surface area is 141 Å². The van der Waals surface area contributed by atoms with Crippen molar-refractivity contribution < 1.29 is 19.4 Å². The molecule has 0 saturated heterocycles. The van der Waals surface area contributed by atoms with Crippen molar-refractivity contribution in [1.29, 1.82) is 0 Å². The van der Waals surface area contributed by atoms with Crippen LogP contribution in [0.15, 0.2) is 53.6 Å². The number of ether oxygens (including phenoxy) is 1. The van der Waals surface area contributed by atoms with Crippen LogP contribution in [0.3, 0.4) is 0 Å². The molecular weight excluding hydrogens is 332 g/mol. The van der Waals surface area contributed by atoms with Gasteiger partial charge in [-0.1, -0.05) is 6.07 Å². The zero-order chi connectivity index (χ0) is 18.2. The number of hydrogen-bond donors (Lipinski definition) is 1. The molecule has 10 heteroatoms. The summed E-state index contributed by atoms with van der Waals surface area (Å²) < 4.78 is 5.14. The minimum absolute atomic E-state index is 0.0495. The van der Waals surface area contributed by atoms with Crippen LogP contribution in [0.1, 0.15) is 5.56 Å². The predicted octanol–water partition coefficient (Wildman–Crippen LogP) is 2.03. The van der Waals surface area contributed by atoms with E-state index in [1.807, 2.05) is 0 Å². The largest absolute Gasteiger partial charge is 0.483 e. The van der Waals surface area contributed by atoms with Gasteiger partial charge >= 0.3 is 0 Å². The number of amides is 1. The molecule has 0 aromatic heterocycles. The van der Waals surface area contributed by atoms with Gasteiger partial charge in [0.15, 0.2) is 6.61 Å². The molecule has 2 rings (SSSR count). The smallest absolute Gasteiger partial charge is 0.277 e. The lowest BCUT2D eigenvalue weighted by Crippen LogP contribution is -2.24. The number of nitro groups is 2. The summed E-state index contributed by atoms with van der Waals surface area (Å²) >= 11 is 0. The van der Waals surface area contributed by atoms with Crippen molar-refractivity contribution in [3.8, 4) is 5.75 Å². The van der Waals surface area contributed by atoms with Gasteiger partial charge in [-0.2, -0.15) is 5.10 Å². The quantitative estimate of drug-likeness (QED) is 0.463. The van der Waals surface area contributed by atoms with Crippen molar-refractivity contribution in [1.82, 2.24) is 5.43 Å². The highest BCUT2D eigenvalue weighted by molar-refractivity contribution is 5.83. The second kappa shape index (κ2) is 8.15. The number of benzene rings is 2. The maximum absolute atomic E-state index is 11.6. The third kappa shape index (κ3) is 5.39. The molecule has 1 N–H and O–H groups in total. The maximum atomic E-state index is 11.6. The minimum atomic E-state index is -0.568. The first-order chi connectivity index (χ1) is 12.0. The van der Waals surface area contributed by atoms with Crippen LogP contribution in [-0.4, -0.2) is 28.6 Å². The van der Waals surface area contributed by atoms with E-state index in [1.165, 1.54) is 54.7 Å². The lowest BCUT2D eigenvalue weighted by atomic mass is 10.2. The van der Waals surface area contributed by atoms with Gasteiger partial charge in [-0.15, -0.1) is 0 Å². The van der Waals surface area contributed by atoms with Gasteiger partial charge in [-0.25, -0.2) is 5.43 Å². The van der Waals surface area contributed by atoms with E-state index in [2.05, 4.69) is 10.5 Å². The molecule has 25 heavy (non-hydrogen) atoms. The molecule has 0 aliphatic rings. The van der Waals surface area contributed by atoms with Gasteiger partial charge in [0.1, 0.15) is 5.75 Å². The van der Waals surface area contributed by atoms with E-state index >= 15 is 0 Å². The lowest BCUT2D eigenvalue weighted by Gasteiger charge is -2.04. The average molecular weight is 344 g/mol. The van der Waals surface area contributed by atoms with E-state index in [1.54, 1.807) is 0 Å². The van der Waals surface area contributed by atoms with Crippen molar-refractivity contribution in [3.05, 3.63) is 74.3 Å². The van der Waals surface area contributed by atoms with E-state index in [9.17, 15) is 25.0 Å². The number of carbonyl (C=O) groups excluding carboxylic acids is 1.